The van der Waals surface area contributed by atoms with Crippen LogP contribution in [0, 0.1) is 0 Å². The third-order valence-electron chi connectivity index (χ3n) is 2.91. The Hall–Kier alpha value is -2.00. The van der Waals surface area contributed by atoms with Crippen molar-refractivity contribution in [2.75, 3.05) is 7.11 Å². The maximum absolute atomic E-state index is 11.4. The molecular weight excluding hydrogens is 276 g/mol. The van der Waals surface area contributed by atoms with Gasteiger partial charge in [0.15, 0.2) is 5.78 Å². The summed E-state index contributed by atoms with van der Waals surface area (Å²) in [5.41, 5.74) is 1.43. The van der Waals surface area contributed by atoms with Gasteiger partial charge in [0, 0.05) is 11.1 Å². The van der Waals surface area contributed by atoms with Crippen LogP contribution in [-0.2, 0) is 6.61 Å². The number of halogens is 1. The van der Waals surface area contributed by atoms with Crippen molar-refractivity contribution in [2.45, 2.75) is 13.5 Å². The topological polar surface area (TPSA) is 35.5 Å². The first-order chi connectivity index (χ1) is 9.61. The van der Waals surface area contributed by atoms with E-state index in [0.717, 1.165) is 5.56 Å². The second kappa shape index (κ2) is 6.44. The Labute approximate surface area is 123 Å². The number of hydrogen-bond acceptors (Lipinski definition) is 3. The number of rotatable bonds is 5. The average molecular weight is 291 g/mol. The van der Waals surface area contributed by atoms with Crippen molar-refractivity contribution in [2.24, 2.45) is 0 Å². The lowest BCUT2D eigenvalue weighted by atomic mass is 10.1. The molecule has 0 aliphatic heterocycles. The normalized spacial score (nSPS) is 10.2. The van der Waals surface area contributed by atoms with Crippen LogP contribution in [0.3, 0.4) is 0 Å². The maximum atomic E-state index is 11.4. The number of ketones is 1. The number of carbonyl (C=O) groups is 1. The van der Waals surface area contributed by atoms with Crippen molar-refractivity contribution < 1.29 is 14.3 Å². The van der Waals surface area contributed by atoms with Gasteiger partial charge >= 0.3 is 0 Å². The molecule has 0 bridgehead atoms. The summed E-state index contributed by atoms with van der Waals surface area (Å²) in [5, 5.41) is 0.550. The van der Waals surface area contributed by atoms with Crippen molar-refractivity contribution in [3.05, 3.63) is 58.6 Å². The van der Waals surface area contributed by atoms with Gasteiger partial charge in [-0.1, -0.05) is 23.7 Å². The Balaban J connectivity index is 2.22. The van der Waals surface area contributed by atoms with Crippen molar-refractivity contribution in [3.8, 4) is 11.5 Å². The van der Waals surface area contributed by atoms with Crippen LogP contribution in [0.1, 0.15) is 22.8 Å². The number of Topliss-reactive ketones (excluding diaryl/α,β-unsaturated/α-hetero) is 1. The van der Waals surface area contributed by atoms with Gasteiger partial charge in [0.05, 0.1) is 12.1 Å². The van der Waals surface area contributed by atoms with Crippen LogP contribution in [0.15, 0.2) is 42.5 Å². The van der Waals surface area contributed by atoms with E-state index >= 15 is 0 Å². The highest BCUT2D eigenvalue weighted by Crippen LogP contribution is 2.26. The van der Waals surface area contributed by atoms with Crippen LogP contribution >= 0.6 is 11.6 Å². The fourth-order valence-corrected chi connectivity index (χ4v) is 2.02. The number of carbonyl (C=O) groups excluding carboxylic acids is 1. The molecule has 4 heteroatoms. The lowest BCUT2D eigenvalue weighted by Gasteiger charge is -2.12. The van der Waals surface area contributed by atoms with E-state index in [9.17, 15) is 4.79 Å². The highest BCUT2D eigenvalue weighted by atomic mass is 35.5. The molecule has 0 unspecified atom stereocenters. The summed E-state index contributed by atoms with van der Waals surface area (Å²) in [4.78, 5) is 11.4. The Morgan fingerprint density at radius 1 is 1.15 bits per heavy atom. The molecule has 0 radical (unpaired) electrons. The number of ether oxygens (including phenoxy) is 2. The first-order valence-corrected chi connectivity index (χ1v) is 6.55. The molecule has 0 fully saturated rings. The zero-order valence-corrected chi connectivity index (χ0v) is 12.1. The molecule has 0 saturated carbocycles. The van der Waals surface area contributed by atoms with Crippen molar-refractivity contribution in [3.63, 3.8) is 0 Å². The van der Waals surface area contributed by atoms with Crippen LogP contribution in [0.2, 0.25) is 5.02 Å². The highest BCUT2D eigenvalue weighted by molar-refractivity contribution is 6.32. The fourth-order valence-electron chi connectivity index (χ4n) is 1.83. The van der Waals surface area contributed by atoms with Gasteiger partial charge in [-0.3, -0.25) is 4.79 Å². The maximum Gasteiger partial charge on any atom is 0.159 e. The molecule has 2 aromatic rings. The van der Waals surface area contributed by atoms with Crippen LogP contribution in [0.5, 0.6) is 11.5 Å². The molecule has 0 saturated heterocycles. The summed E-state index contributed by atoms with van der Waals surface area (Å²) in [5.74, 6) is 1.29. The lowest BCUT2D eigenvalue weighted by Crippen LogP contribution is -2.02. The van der Waals surface area contributed by atoms with E-state index in [1.165, 1.54) is 6.92 Å². The zero-order valence-electron chi connectivity index (χ0n) is 11.4. The average Bonchev–Trinajstić information content (AvgIpc) is 2.46. The van der Waals surface area contributed by atoms with Crippen LogP contribution in [0.4, 0.5) is 0 Å². The van der Waals surface area contributed by atoms with Crippen molar-refractivity contribution in [1.82, 2.24) is 0 Å². The smallest absolute Gasteiger partial charge is 0.159 e. The van der Waals surface area contributed by atoms with Crippen molar-refractivity contribution >= 4 is 17.4 Å². The van der Waals surface area contributed by atoms with E-state index in [4.69, 9.17) is 21.1 Å². The molecule has 0 amide bonds. The minimum atomic E-state index is 0.00615. The molecule has 0 aliphatic rings. The largest absolute Gasteiger partial charge is 0.496 e. The minimum Gasteiger partial charge on any atom is -0.496 e. The molecule has 104 valence electrons. The van der Waals surface area contributed by atoms with Crippen LogP contribution in [-0.4, -0.2) is 12.9 Å². The number of benzene rings is 2. The Morgan fingerprint density at radius 3 is 2.55 bits per heavy atom. The second-order valence-corrected chi connectivity index (χ2v) is 4.71. The van der Waals surface area contributed by atoms with Gasteiger partial charge < -0.3 is 9.47 Å². The summed E-state index contributed by atoms with van der Waals surface area (Å²) in [6, 6.07) is 12.5. The monoisotopic (exact) mass is 290 g/mol. The first-order valence-electron chi connectivity index (χ1n) is 6.17. The van der Waals surface area contributed by atoms with Gasteiger partial charge in [-0.25, -0.2) is 0 Å². The first kappa shape index (κ1) is 14.4. The van der Waals surface area contributed by atoms with E-state index in [1.54, 1.807) is 37.4 Å². The molecule has 0 spiro atoms. The standard InChI is InChI=1S/C16H15ClO3/c1-11(18)12-7-8-15(19-2)13(9-12)10-20-16-6-4-3-5-14(16)17/h3-9H,10H2,1-2H3. The van der Waals surface area contributed by atoms with E-state index in [0.29, 0.717) is 22.1 Å². The molecule has 2 rings (SSSR count). The van der Waals surface area contributed by atoms with Gasteiger partial charge in [-0.15, -0.1) is 0 Å². The van der Waals surface area contributed by atoms with Crippen LogP contribution in [0.25, 0.3) is 0 Å². The zero-order chi connectivity index (χ0) is 14.5. The molecule has 0 N–H and O–H groups in total. The Bertz CT molecular complexity index is 623. The molecule has 0 atom stereocenters. The molecule has 0 aromatic heterocycles. The molecule has 20 heavy (non-hydrogen) atoms. The van der Waals surface area contributed by atoms with E-state index in [2.05, 4.69) is 0 Å². The molecule has 2 aromatic carbocycles. The third kappa shape index (κ3) is 3.31. The minimum absolute atomic E-state index is 0.00615. The summed E-state index contributed by atoms with van der Waals surface area (Å²) in [7, 11) is 1.59. The number of para-hydroxylation sites is 1. The Morgan fingerprint density at radius 2 is 1.90 bits per heavy atom. The molecular formula is C16H15ClO3. The second-order valence-electron chi connectivity index (χ2n) is 4.30. The predicted octanol–water partition coefficient (Wildman–Crippen LogP) is 4.13. The lowest BCUT2D eigenvalue weighted by molar-refractivity contribution is 0.101. The highest BCUT2D eigenvalue weighted by Gasteiger charge is 2.09. The van der Waals surface area contributed by atoms with Crippen molar-refractivity contribution in [1.29, 1.82) is 0 Å². The summed E-state index contributed by atoms with van der Waals surface area (Å²) in [6.45, 7) is 1.81. The molecule has 0 heterocycles. The SMILES string of the molecule is COc1ccc(C(C)=O)cc1COc1ccccc1Cl. The van der Waals surface area contributed by atoms with Crippen LogP contribution < -0.4 is 9.47 Å². The van der Waals surface area contributed by atoms with Gasteiger partial charge in [0.25, 0.3) is 0 Å². The van der Waals surface area contributed by atoms with E-state index in [1.807, 2.05) is 12.1 Å². The number of methoxy groups -OCH3 is 1. The number of hydrogen-bond donors (Lipinski definition) is 0. The van der Waals surface area contributed by atoms with Gasteiger partial charge in [-0.05, 0) is 37.3 Å². The Kier molecular flexibility index (Phi) is 4.64. The quantitative estimate of drug-likeness (QED) is 0.777. The third-order valence-corrected chi connectivity index (χ3v) is 3.22. The fraction of sp³-hybridized carbons (Fsp3) is 0.188. The van der Waals surface area contributed by atoms with Gasteiger partial charge in [0.1, 0.15) is 18.1 Å². The molecule has 0 aliphatic carbocycles. The van der Waals surface area contributed by atoms with Gasteiger partial charge in [0.2, 0.25) is 0 Å². The summed E-state index contributed by atoms with van der Waals surface area (Å²) >= 11 is 6.04. The summed E-state index contributed by atoms with van der Waals surface area (Å²) in [6.07, 6.45) is 0. The predicted molar refractivity (Wildman–Crippen MR) is 78.8 cm³/mol. The molecule has 3 nitrogen and oxygen atoms in total. The van der Waals surface area contributed by atoms with Gasteiger partial charge in [-0.2, -0.15) is 0 Å². The summed E-state index contributed by atoms with van der Waals surface area (Å²) < 4.78 is 11.0. The van der Waals surface area contributed by atoms with E-state index < -0.39 is 0 Å². The van der Waals surface area contributed by atoms with E-state index in [-0.39, 0.29) is 12.4 Å².